The SMILES string of the molecule is Br.COc1cccc(C(=O)C[n+]2ccc(Cc3ccccc3)cc2)c1. The largest absolute Gasteiger partial charge is 0.497 e. The number of carbonyl (C=O) groups excluding carboxylic acids is 1. The van der Waals surface area contributed by atoms with E-state index in [-0.39, 0.29) is 22.8 Å². The van der Waals surface area contributed by atoms with Gasteiger partial charge in [0.05, 0.1) is 7.11 Å². The van der Waals surface area contributed by atoms with E-state index in [1.165, 1.54) is 11.1 Å². The zero-order chi connectivity index (χ0) is 16.8. The van der Waals surface area contributed by atoms with E-state index in [2.05, 4.69) is 24.3 Å². The number of pyridine rings is 1. The summed E-state index contributed by atoms with van der Waals surface area (Å²) in [4.78, 5) is 12.4. The lowest BCUT2D eigenvalue weighted by atomic mass is 10.1. The van der Waals surface area contributed by atoms with Gasteiger partial charge in [0.1, 0.15) is 5.75 Å². The van der Waals surface area contributed by atoms with Crippen LogP contribution < -0.4 is 9.30 Å². The highest BCUT2D eigenvalue weighted by molar-refractivity contribution is 8.93. The zero-order valence-electron chi connectivity index (χ0n) is 14.1. The van der Waals surface area contributed by atoms with Crippen molar-refractivity contribution in [3.63, 3.8) is 0 Å². The quantitative estimate of drug-likeness (QED) is 0.463. The molecule has 0 aliphatic heterocycles. The lowest BCUT2D eigenvalue weighted by molar-refractivity contribution is -0.683. The van der Waals surface area contributed by atoms with E-state index in [9.17, 15) is 4.79 Å². The van der Waals surface area contributed by atoms with Crippen LogP contribution in [0.4, 0.5) is 0 Å². The van der Waals surface area contributed by atoms with Crippen LogP contribution >= 0.6 is 17.0 Å². The van der Waals surface area contributed by atoms with E-state index in [1.54, 1.807) is 13.2 Å². The van der Waals surface area contributed by atoms with Gasteiger partial charge in [-0.05, 0) is 29.7 Å². The molecule has 1 heterocycles. The van der Waals surface area contributed by atoms with Crippen molar-refractivity contribution in [1.82, 2.24) is 0 Å². The van der Waals surface area contributed by atoms with E-state index >= 15 is 0 Å². The van der Waals surface area contributed by atoms with Crippen LogP contribution in [0.2, 0.25) is 0 Å². The molecule has 128 valence electrons. The number of ketones is 1. The van der Waals surface area contributed by atoms with Crippen LogP contribution in [0.25, 0.3) is 0 Å². The minimum Gasteiger partial charge on any atom is -0.497 e. The molecule has 2 aromatic carbocycles. The van der Waals surface area contributed by atoms with E-state index in [0.717, 1.165) is 6.42 Å². The van der Waals surface area contributed by atoms with Gasteiger partial charge >= 0.3 is 0 Å². The molecule has 0 N–H and O–H groups in total. The average molecular weight is 399 g/mol. The minimum absolute atomic E-state index is 0. The topological polar surface area (TPSA) is 30.2 Å². The molecule has 3 rings (SSSR count). The zero-order valence-corrected chi connectivity index (χ0v) is 15.8. The van der Waals surface area contributed by atoms with Crippen LogP contribution in [0.1, 0.15) is 21.5 Å². The molecule has 0 fully saturated rings. The Kier molecular flexibility index (Phi) is 6.90. The van der Waals surface area contributed by atoms with Crippen molar-refractivity contribution in [3.8, 4) is 5.75 Å². The maximum Gasteiger partial charge on any atom is 0.227 e. The Hall–Kier alpha value is -2.46. The normalized spacial score (nSPS) is 9.96. The Morgan fingerprint density at radius 1 is 0.920 bits per heavy atom. The number of ether oxygens (including phenoxy) is 1. The summed E-state index contributed by atoms with van der Waals surface area (Å²) in [6.45, 7) is 0.318. The van der Waals surface area contributed by atoms with Crippen molar-refractivity contribution in [3.05, 3.63) is 95.8 Å². The van der Waals surface area contributed by atoms with Gasteiger partial charge in [0.2, 0.25) is 12.3 Å². The van der Waals surface area contributed by atoms with Crippen molar-refractivity contribution >= 4 is 22.8 Å². The molecule has 4 heteroatoms. The number of Topliss-reactive ketones (excluding diaryl/α,β-unsaturated/α-hetero) is 1. The number of aromatic nitrogens is 1. The van der Waals surface area contributed by atoms with Crippen LogP contribution in [-0.4, -0.2) is 12.9 Å². The molecular weight excluding hydrogens is 378 g/mol. The van der Waals surface area contributed by atoms with Gasteiger partial charge in [-0.2, -0.15) is 4.57 Å². The van der Waals surface area contributed by atoms with E-state index in [4.69, 9.17) is 4.74 Å². The summed E-state index contributed by atoms with van der Waals surface area (Å²) in [6.07, 6.45) is 4.80. The Morgan fingerprint density at radius 3 is 2.28 bits per heavy atom. The fraction of sp³-hybridized carbons (Fsp3) is 0.143. The van der Waals surface area contributed by atoms with Crippen LogP contribution in [0.5, 0.6) is 5.75 Å². The standard InChI is InChI=1S/C21H20NO2.BrH/c1-24-20-9-5-8-19(15-20)21(23)16-22-12-10-18(11-13-22)14-17-6-3-2-4-7-17;/h2-13,15H,14,16H2,1H3;1H/q+1;. The van der Waals surface area contributed by atoms with Crippen molar-refractivity contribution in [1.29, 1.82) is 0 Å². The van der Waals surface area contributed by atoms with Gasteiger partial charge in [0, 0.05) is 17.7 Å². The molecular formula is C21H21BrNO2+. The first-order valence-corrected chi connectivity index (χ1v) is 7.94. The molecule has 0 unspecified atom stereocenters. The second-order valence-electron chi connectivity index (χ2n) is 5.70. The first kappa shape index (κ1) is 18.9. The number of hydrogen-bond donors (Lipinski definition) is 0. The fourth-order valence-electron chi connectivity index (χ4n) is 2.60. The number of rotatable bonds is 6. The molecule has 1 aromatic heterocycles. The van der Waals surface area contributed by atoms with Crippen LogP contribution in [0.3, 0.4) is 0 Å². The third-order valence-corrected chi connectivity index (χ3v) is 3.93. The number of nitrogens with zero attached hydrogens (tertiary/aromatic N) is 1. The molecule has 0 radical (unpaired) electrons. The van der Waals surface area contributed by atoms with Crippen LogP contribution in [0.15, 0.2) is 79.1 Å². The summed E-state index contributed by atoms with van der Waals surface area (Å²) in [5.41, 5.74) is 3.17. The molecule has 0 atom stereocenters. The fourth-order valence-corrected chi connectivity index (χ4v) is 2.60. The highest BCUT2D eigenvalue weighted by atomic mass is 79.9. The maximum absolute atomic E-state index is 12.4. The number of methoxy groups -OCH3 is 1. The van der Waals surface area contributed by atoms with Crippen molar-refractivity contribution in [2.75, 3.05) is 7.11 Å². The maximum atomic E-state index is 12.4. The van der Waals surface area contributed by atoms with Gasteiger partial charge < -0.3 is 4.74 Å². The number of halogens is 1. The molecule has 0 bridgehead atoms. The predicted octanol–water partition coefficient (Wildman–Crippen LogP) is 4.03. The lowest BCUT2D eigenvalue weighted by Gasteiger charge is -2.03. The number of carbonyl (C=O) groups is 1. The van der Waals surface area contributed by atoms with E-state index in [1.807, 2.05) is 53.4 Å². The molecule has 0 aliphatic carbocycles. The molecule has 0 aliphatic rings. The van der Waals surface area contributed by atoms with Gasteiger partial charge in [0.25, 0.3) is 0 Å². The minimum atomic E-state index is 0. The molecule has 0 amide bonds. The van der Waals surface area contributed by atoms with Gasteiger partial charge in [-0.1, -0.05) is 42.5 Å². The Labute approximate surface area is 158 Å². The van der Waals surface area contributed by atoms with Crippen LogP contribution in [-0.2, 0) is 13.0 Å². The summed E-state index contributed by atoms with van der Waals surface area (Å²) < 4.78 is 7.07. The van der Waals surface area contributed by atoms with Gasteiger partial charge in [0.15, 0.2) is 12.4 Å². The van der Waals surface area contributed by atoms with Gasteiger partial charge in [-0.15, -0.1) is 17.0 Å². The highest BCUT2D eigenvalue weighted by Crippen LogP contribution is 2.13. The number of hydrogen-bond acceptors (Lipinski definition) is 2. The third-order valence-electron chi connectivity index (χ3n) is 3.93. The molecule has 0 saturated heterocycles. The summed E-state index contributed by atoms with van der Waals surface area (Å²) in [5.74, 6) is 0.763. The predicted molar refractivity (Wildman–Crippen MR) is 104 cm³/mol. The second kappa shape index (κ2) is 9.14. The smallest absolute Gasteiger partial charge is 0.227 e. The van der Waals surface area contributed by atoms with Crippen LogP contribution in [0, 0.1) is 0 Å². The van der Waals surface area contributed by atoms with Crippen molar-refractivity contribution < 1.29 is 14.1 Å². The van der Waals surface area contributed by atoms with Crippen molar-refractivity contribution in [2.24, 2.45) is 0 Å². The highest BCUT2D eigenvalue weighted by Gasteiger charge is 2.12. The molecule has 0 spiro atoms. The van der Waals surface area contributed by atoms with E-state index < -0.39 is 0 Å². The molecule has 3 nitrogen and oxygen atoms in total. The third kappa shape index (κ3) is 5.26. The first-order valence-electron chi connectivity index (χ1n) is 7.94. The lowest BCUT2D eigenvalue weighted by Crippen LogP contribution is -2.37. The summed E-state index contributed by atoms with van der Waals surface area (Å²) >= 11 is 0. The Bertz CT molecular complexity index is 817. The molecule has 3 aromatic rings. The second-order valence-corrected chi connectivity index (χ2v) is 5.70. The summed E-state index contributed by atoms with van der Waals surface area (Å²) in [7, 11) is 1.60. The monoisotopic (exact) mass is 398 g/mol. The Balaban J connectivity index is 0.00000225. The summed E-state index contributed by atoms with van der Waals surface area (Å²) in [5, 5.41) is 0. The average Bonchev–Trinajstić information content (AvgIpc) is 2.64. The number of benzene rings is 2. The first-order chi connectivity index (χ1) is 11.7. The van der Waals surface area contributed by atoms with Gasteiger partial charge in [-0.3, -0.25) is 4.79 Å². The molecule has 0 saturated carbocycles. The Morgan fingerprint density at radius 2 is 1.60 bits per heavy atom. The van der Waals surface area contributed by atoms with Crippen molar-refractivity contribution in [2.45, 2.75) is 13.0 Å². The molecule has 25 heavy (non-hydrogen) atoms. The van der Waals surface area contributed by atoms with E-state index in [0.29, 0.717) is 17.9 Å². The van der Waals surface area contributed by atoms with Gasteiger partial charge in [-0.25, -0.2) is 0 Å². The summed E-state index contributed by atoms with van der Waals surface area (Å²) in [6, 6.07) is 21.7.